The molecular formula is C12H12ClNO3S. The SMILES string of the molecule is O=C(O)C1CSCCN1C(=O)c1cccc(Cl)c1. The van der Waals surface area contributed by atoms with E-state index in [9.17, 15) is 9.59 Å². The number of carboxylic acid groups (broad SMARTS) is 1. The summed E-state index contributed by atoms with van der Waals surface area (Å²) in [6, 6.07) is 5.82. The van der Waals surface area contributed by atoms with Crippen molar-refractivity contribution in [3.8, 4) is 0 Å². The van der Waals surface area contributed by atoms with Crippen LogP contribution in [0.5, 0.6) is 0 Å². The molecule has 0 aromatic heterocycles. The van der Waals surface area contributed by atoms with Crippen LogP contribution in [0.15, 0.2) is 24.3 Å². The van der Waals surface area contributed by atoms with Crippen molar-refractivity contribution < 1.29 is 14.7 Å². The molecule has 1 fully saturated rings. The monoisotopic (exact) mass is 285 g/mol. The fourth-order valence-corrected chi connectivity index (χ4v) is 3.07. The Balaban J connectivity index is 2.23. The first-order chi connectivity index (χ1) is 8.59. The minimum Gasteiger partial charge on any atom is -0.480 e. The molecule has 4 nitrogen and oxygen atoms in total. The number of aliphatic carboxylic acids is 1. The van der Waals surface area contributed by atoms with E-state index in [1.165, 1.54) is 4.90 Å². The quantitative estimate of drug-likeness (QED) is 0.903. The van der Waals surface area contributed by atoms with Gasteiger partial charge in [-0.15, -0.1) is 0 Å². The molecule has 18 heavy (non-hydrogen) atoms. The van der Waals surface area contributed by atoms with Crippen molar-refractivity contribution in [3.05, 3.63) is 34.9 Å². The lowest BCUT2D eigenvalue weighted by Crippen LogP contribution is -2.50. The lowest BCUT2D eigenvalue weighted by atomic mass is 10.1. The zero-order valence-corrected chi connectivity index (χ0v) is 11.1. The number of amides is 1. The summed E-state index contributed by atoms with van der Waals surface area (Å²) in [6.07, 6.45) is 0. The Labute approximate surface area is 114 Å². The van der Waals surface area contributed by atoms with Crippen LogP contribution in [0.1, 0.15) is 10.4 Å². The Morgan fingerprint density at radius 1 is 1.44 bits per heavy atom. The first-order valence-electron chi connectivity index (χ1n) is 5.46. The predicted octanol–water partition coefficient (Wildman–Crippen LogP) is 1.98. The lowest BCUT2D eigenvalue weighted by Gasteiger charge is -2.32. The van der Waals surface area contributed by atoms with Crippen molar-refractivity contribution in [2.24, 2.45) is 0 Å². The van der Waals surface area contributed by atoms with Gasteiger partial charge in [0.05, 0.1) is 0 Å². The van der Waals surface area contributed by atoms with Gasteiger partial charge in [0, 0.05) is 28.6 Å². The standard InChI is InChI=1S/C12H12ClNO3S/c13-9-3-1-2-8(6-9)11(15)14-4-5-18-7-10(14)12(16)17/h1-3,6,10H,4-5,7H2,(H,16,17). The molecule has 1 aliphatic rings. The fourth-order valence-electron chi connectivity index (χ4n) is 1.84. The van der Waals surface area contributed by atoms with Crippen LogP contribution in [0, 0.1) is 0 Å². The van der Waals surface area contributed by atoms with Gasteiger partial charge in [0.25, 0.3) is 5.91 Å². The van der Waals surface area contributed by atoms with E-state index < -0.39 is 12.0 Å². The lowest BCUT2D eigenvalue weighted by molar-refractivity contribution is -0.141. The van der Waals surface area contributed by atoms with E-state index in [-0.39, 0.29) is 5.91 Å². The molecule has 0 spiro atoms. The van der Waals surface area contributed by atoms with E-state index in [0.29, 0.717) is 22.9 Å². The number of rotatable bonds is 2. The molecule has 1 amide bonds. The minimum atomic E-state index is -0.961. The van der Waals surface area contributed by atoms with Gasteiger partial charge < -0.3 is 10.0 Å². The first kappa shape index (κ1) is 13.2. The van der Waals surface area contributed by atoms with E-state index in [0.717, 1.165) is 5.75 Å². The highest BCUT2D eigenvalue weighted by Gasteiger charge is 2.32. The molecule has 1 saturated heterocycles. The third-order valence-electron chi connectivity index (χ3n) is 2.75. The summed E-state index contributed by atoms with van der Waals surface area (Å²) in [7, 11) is 0. The first-order valence-corrected chi connectivity index (χ1v) is 7.00. The topological polar surface area (TPSA) is 57.6 Å². The number of carbonyl (C=O) groups excluding carboxylic acids is 1. The van der Waals surface area contributed by atoms with E-state index in [1.807, 2.05) is 0 Å². The zero-order chi connectivity index (χ0) is 13.1. The summed E-state index contributed by atoms with van der Waals surface area (Å²) >= 11 is 7.39. The average molecular weight is 286 g/mol. The van der Waals surface area contributed by atoms with Crippen LogP contribution in [-0.4, -0.2) is 46.0 Å². The van der Waals surface area contributed by atoms with Gasteiger partial charge in [-0.2, -0.15) is 11.8 Å². The molecule has 1 N–H and O–H groups in total. The molecule has 1 atom stereocenters. The molecule has 2 rings (SSSR count). The number of halogens is 1. The molecule has 6 heteroatoms. The van der Waals surface area contributed by atoms with Crippen LogP contribution in [0.25, 0.3) is 0 Å². The van der Waals surface area contributed by atoms with Crippen molar-refractivity contribution in [2.75, 3.05) is 18.1 Å². The third kappa shape index (κ3) is 2.79. The van der Waals surface area contributed by atoms with Gasteiger partial charge in [-0.25, -0.2) is 4.79 Å². The smallest absolute Gasteiger partial charge is 0.327 e. The summed E-state index contributed by atoms with van der Waals surface area (Å²) in [5, 5.41) is 9.60. The number of carbonyl (C=O) groups is 2. The second-order valence-corrected chi connectivity index (χ2v) is 5.52. The minimum absolute atomic E-state index is 0.273. The highest BCUT2D eigenvalue weighted by Crippen LogP contribution is 2.20. The number of thioether (sulfide) groups is 1. The van der Waals surface area contributed by atoms with Gasteiger partial charge in [0.1, 0.15) is 6.04 Å². The highest BCUT2D eigenvalue weighted by atomic mass is 35.5. The maximum absolute atomic E-state index is 12.3. The molecule has 1 unspecified atom stereocenters. The molecule has 0 saturated carbocycles. The van der Waals surface area contributed by atoms with Crippen LogP contribution in [-0.2, 0) is 4.79 Å². The van der Waals surface area contributed by atoms with Gasteiger partial charge in [0.15, 0.2) is 0 Å². The molecule has 1 aliphatic heterocycles. The Bertz CT molecular complexity index is 480. The van der Waals surface area contributed by atoms with Gasteiger partial charge in [-0.1, -0.05) is 17.7 Å². The summed E-state index contributed by atoms with van der Waals surface area (Å²) in [5.41, 5.74) is 0.431. The van der Waals surface area contributed by atoms with Crippen molar-refractivity contribution in [3.63, 3.8) is 0 Å². The van der Waals surface area contributed by atoms with Crippen LogP contribution in [0.4, 0.5) is 0 Å². The van der Waals surface area contributed by atoms with Crippen LogP contribution >= 0.6 is 23.4 Å². The summed E-state index contributed by atoms with van der Waals surface area (Å²) < 4.78 is 0. The van der Waals surface area contributed by atoms with Crippen molar-refractivity contribution in [2.45, 2.75) is 6.04 Å². The number of hydrogen-bond donors (Lipinski definition) is 1. The molecule has 96 valence electrons. The van der Waals surface area contributed by atoms with E-state index in [2.05, 4.69) is 0 Å². The third-order valence-corrected chi connectivity index (χ3v) is 4.00. The molecule has 0 radical (unpaired) electrons. The second-order valence-electron chi connectivity index (χ2n) is 3.94. The number of carboxylic acids is 1. The van der Waals surface area contributed by atoms with Gasteiger partial charge in [-0.3, -0.25) is 4.79 Å². The summed E-state index contributed by atoms with van der Waals surface area (Å²) in [6.45, 7) is 0.451. The van der Waals surface area contributed by atoms with Crippen molar-refractivity contribution in [1.29, 1.82) is 0 Å². The molecule has 1 aromatic carbocycles. The van der Waals surface area contributed by atoms with Gasteiger partial charge >= 0.3 is 5.97 Å². The van der Waals surface area contributed by atoms with E-state index >= 15 is 0 Å². The largest absolute Gasteiger partial charge is 0.480 e. The van der Waals surface area contributed by atoms with Crippen molar-refractivity contribution in [1.82, 2.24) is 4.90 Å². The molecule has 0 bridgehead atoms. The number of hydrogen-bond acceptors (Lipinski definition) is 3. The zero-order valence-electron chi connectivity index (χ0n) is 9.51. The van der Waals surface area contributed by atoms with Gasteiger partial charge in [-0.05, 0) is 18.2 Å². The molecular weight excluding hydrogens is 274 g/mol. The Morgan fingerprint density at radius 3 is 2.89 bits per heavy atom. The maximum Gasteiger partial charge on any atom is 0.327 e. The van der Waals surface area contributed by atoms with Crippen molar-refractivity contribution >= 4 is 35.2 Å². The normalized spacial score (nSPS) is 19.6. The maximum atomic E-state index is 12.3. The van der Waals surface area contributed by atoms with Crippen LogP contribution in [0.3, 0.4) is 0 Å². The Kier molecular flexibility index (Phi) is 4.14. The van der Waals surface area contributed by atoms with E-state index in [1.54, 1.807) is 36.0 Å². The molecule has 1 heterocycles. The number of nitrogens with zero attached hydrogens (tertiary/aromatic N) is 1. The van der Waals surface area contributed by atoms with Crippen LogP contribution < -0.4 is 0 Å². The fraction of sp³-hybridized carbons (Fsp3) is 0.333. The average Bonchev–Trinajstić information content (AvgIpc) is 2.38. The van der Waals surface area contributed by atoms with Gasteiger partial charge in [0.2, 0.25) is 0 Å². The van der Waals surface area contributed by atoms with E-state index in [4.69, 9.17) is 16.7 Å². The highest BCUT2D eigenvalue weighted by molar-refractivity contribution is 7.99. The Morgan fingerprint density at radius 2 is 2.22 bits per heavy atom. The predicted molar refractivity (Wildman–Crippen MR) is 71.2 cm³/mol. The molecule has 1 aromatic rings. The second kappa shape index (κ2) is 5.63. The molecule has 0 aliphatic carbocycles. The van der Waals surface area contributed by atoms with Crippen LogP contribution in [0.2, 0.25) is 5.02 Å². The summed E-state index contributed by atoms with van der Waals surface area (Å²) in [5.74, 6) is -0.0414. The number of benzene rings is 1. The summed E-state index contributed by atoms with van der Waals surface area (Å²) in [4.78, 5) is 24.8. The Hall–Kier alpha value is -1.20.